The van der Waals surface area contributed by atoms with Crippen molar-refractivity contribution in [1.29, 1.82) is 0 Å². The Morgan fingerprint density at radius 2 is 2.10 bits per heavy atom. The second-order valence-electron chi connectivity index (χ2n) is 4.70. The number of nitrogens with two attached hydrogens (primary N) is 1. The topological polar surface area (TPSA) is 55.1 Å². The first-order valence-corrected chi connectivity index (χ1v) is 7.66. The number of carbonyl (C=O) groups excluding carboxylic acids is 1. The third-order valence-electron chi connectivity index (χ3n) is 3.00. The summed E-state index contributed by atoms with van der Waals surface area (Å²) in [4.78, 5) is 12.9. The normalized spacial score (nSPS) is 13.8. The maximum Gasteiger partial charge on any atom is 0.242 e. The van der Waals surface area contributed by atoms with Gasteiger partial charge in [0.05, 0.1) is 0 Å². The molecule has 20 heavy (non-hydrogen) atoms. The van der Waals surface area contributed by atoms with E-state index < -0.39 is 6.04 Å². The van der Waals surface area contributed by atoms with Gasteiger partial charge < -0.3 is 11.1 Å². The van der Waals surface area contributed by atoms with Gasteiger partial charge >= 0.3 is 0 Å². The summed E-state index contributed by atoms with van der Waals surface area (Å²) in [5, 5.41) is 5.56. The number of benzene rings is 1. The van der Waals surface area contributed by atoms with Gasteiger partial charge in [-0.3, -0.25) is 4.79 Å². The molecule has 0 saturated carbocycles. The molecular formula is C15H17ClN2OS. The molecule has 2 aromatic rings. The lowest BCUT2D eigenvalue weighted by molar-refractivity contribution is -0.123. The standard InChI is InChI=1S/C15H17ClN2OS/c1-10(9-11-5-2-3-6-12(11)16)18-15(19)14(17)13-7-4-8-20-13/h2-8,10,14H,9,17H2,1H3,(H,18,19). The SMILES string of the molecule is CC(Cc1ccccc1Cl)NC(=O)C(N)c1cccs1. The molecule has 0 radical (unpaired) electrons. The molecule has 1 heterocycles. The highest BCUT2D eigenvalue weighted by Crippen LogP contribution is 2.18. The molecule has 1 amide bonds. The average molecular weight is 309 g/mol. The van der Waals surface area contributed by atoms with Gasteiger partial charge in [-0.25, -0.2) is 0 Å². The van der Waals surface area contributed by atoms with Gasteiger partial charge in [0.1, 0.15) is 6.04 Å². The molecule has 0 spiro atoms. The van der Waals surface area contributed by atoms with E-state index in [4.69, 9.17) is 17.3 Å². The van der Waals surface area contributed by atoms with Crippen molar-refractivity contribution in [3.05, 3.63) is 57.2 Å². The van der Waals surface area contributed by atoms with Gasteiger partial charge in [0.25, 0.3) is 0 Å². The summed E-state index contributed by atoms with van der Waals surface area (Å²) < 4.78 is 0. The lowest BCUT2D eigenvalue weighted by Crippen LogP contribution is -2.40. The van der Waals surface area contributed by atoms with Crippen molar-refractivity contribution in [2.75, 3.05) is 0 Å². The van der Waals surface area contributed by atoms with Crippen molar-refractivity contribution in [1.82, 2.24) is 5.32 Å². The van der Waals surface area contributed by atoms with Gasteiger partial charge in [-0.1, -0.05) is 35.9 Å². The summed E-state index contributed by atoms with van der Waals surface area (Å²) in [6.07, 6.45) is 0.683. The predicted octanol–water partition coefficient (Wildman–Crippen LogP) is 3.15. The van der Waals surface area contributed by atoms with Crippen LogP contribution in [0.2, 0.25) is 5.02 Å². The quantitative estimate of drug-likeness (QED) is 0.891. The van der Waals surface area contributed by atoms with Crippen molar-refractivity contribution >= 4 is 28.8 Å². The van der Waals surface area contributed by atoms with E-state index in [0.717, 1.165) is 15.5 Å². The zero-order valence-corrected chi connectivity index (χ0v) is 12.7. The largest absolute Gasteiger partial charge is 0.352 e. The minimum Gasteiger partial charge on any atom is -0.352 e. The highest BCUT2D eigenvalue weighted by Gasteiger charge is 2.18. The molecule has 0 aliphatic rings. The molecule has 0 fully saturated rings. The third-order valence-corrected chi connectivity index (χ3v) is 4.33. The molecule has 1 aromatic carbocycles. The summed E-state index contributed by atoms with van der Waals surface area (Å²) >= 11 is 7.60. The van der Waals surface area contributed by atoms with Crippen LogP contribution in [0.25, 0.3) is 0 Å². The van der Waals surface area contributed by atoms with Gasteiger partial charge in [-0.2, -0.15) is 0 Å². The molecule has 0 aliphatic carbocycles. The van der Waals surface area contributed by atoms with Crippen molar-refractivity contribution in [2.24, 2.45) is 5.73 Å². The molecular weight excluding hydrogens is 292 g/mol. The van der Waals surface area contributed by atoms with Crippen LogP contribution in [-0.4, -0.2) is 11.9 Å². The van der Waals surface area contributed by atoms with Crippen LogP contribution in [0.3, 0.4) is 0 Å². The van der Waals surface area contributed by atoms with Crippen LogP contribution in [0.15, 0.2) is 41.8 Å². The minimum absolute atomic E-state index is 0.0200. The lowest BCUT2D eigenvalue weighted by Gasteiger charge is -2.17. The molecule has 106 valence electrons. The number of amides is 1. The van der Waals surface area contributed by atoms with Crippen LogP contribution < -0.4 is 11.1 Å². The molecule has 5 heteroatoms. The first-order chi connectivity index (χ1) is 9.58. The first-order valence-electron chi connectivity index (χ1n) is 6.40. The fourth-order valence-electron chi connectivity index (χ4n) is 1.97. The monoisotopic (exact) mass is 308 g/mol. The van der Waals surface area contributed by atoms with Gasteiger partial charge in [0.2, 0.25) is 5.91 Å². The molecule has 0 aliphatic heterocycles. The highest BCUT2D eigenvalue weighted by atomic mass is 35.5. The smallest absolute Gasteiger partial charge is 0.242 e. The third kappa shape index (κ3) is 3.82. The summed E-state index contributed by atoms with van der Waals surface area (Å²) in [5.74, 6) is -0.160. The summed E-state index contributed by atoms with van der Waals surface area (Å²) in [6.45, 7) is 1.95. The van der Waals surface area contributed by atoms with Crippen molar-refractivity contribution in [2.45, 2.75) is 25.4 Å². The second kappa shape index (κ2) is 6.88. The zero-order chi connectivity index (χ0) is 14.5. The van der Waals surface area contributed by atoms with Crippen LogP contribution in [-0.2, 0) is 11.2 Å². The fourth-order valence-corrected chi connectivity index (χ4v) is 2.91. The Hall–Kier alpha value is -1.36. The lowest BCUT2D eigenvalue weighted by atomic mass is 10.1. The molecule has 2 rings (SSSR count). The van der Waals surface area contributed by atoms with Gasteiger partial charge in [-0.15, -0.1) is 11.3 Å². The predicted molar refractivity (Wildman–Crippen MR) is 84.0 cm³/mol. The van der Waals surface area contributed by atoms with E-state index in [-0.39, 0.29) is 11.9 Å². The van der Waals surface area contributed by atoms with E-state index >= 15 is 0 Å². The number of halogens is 1. The number of nitrogens with one attached hydrogen (secondary N) is 1. The molecule has 3 nitrogen and oxygen atoms in total. The summed E-state index contributed by atoms with van der Waals surface area (Å²) in [6, 6.07) is 10.8. The van der Waals surface area contributed by atoms with E-state index in [1.54, 1.807) is 0 Å². The van der Waals surface area contributed by atoms with Crippen LogP contribution >= 0.6 is 22.9 Å². The van der Waals surface area contributed by atoms with Crippen LogP contribution in [0.1, 0.15) is 23.4 Å². The van der Waals surface area contributed by atoms with Gasteiger partial charge in [0, 0.05) is 15.9 Å². The number of hydrogen-bond donors (Lipinski definition) is 2. The van der Waals surface area contributed by atoms with E-state index in [1.165, 1.54) is 11.3 Å². The Bertz CT molecular complexity index is 571. The highest BCUT2D eigenvalue weighted by molar-refractivity contribution is 7.10. The zero-order valence-electron chi connectivity index (χ0n) is 11.2. The number of thiophene rings is 1. The molecule has 0 bridgehead atoms. The minimum atomic E-state index is -0.608. The molecule has 1 aromatic heterocycles. The number of carbonyl (C=O) groups is 1. The van der Waals surface area contributed by atoms with Crippen LogP contribution in [0.4, 0.5) is 0 Å². The Kier molecular flexibility index (Phi) is 5.17. The number of rotatable bonds is 5. The Morgan fingerprint density at radius 1 is 1.35 bits per heavy atom. The Labute approximate surface area is 127 Å². The summed E-state index contributed by atoms with van der Waals surface area (Å²) in [7, 11) is 0. The van der Waals surface area contributed by atoms with Crippen molar-refractivity contribution in [3.8, 4) is 0 Å². The van der Waals surface area contributed by atoms with E-state index in [1.807, 2.05) is 48.7 Å². The second-order valence-corrected chi connectivity index (χ2v) is 6.08. The maximum absolute atomic E-state index is 12.1. The summed E-state index contributed by atoms with van der Waals surface area (Å²) in [5.41, 5.74) is 6.95. The van der Waals surface area contributed by atoms with Gasteiger partial charge in [-0.05, 0) is 36.4 Å². The maximum atomic E-state index is 12.1. The van der Waals surface area contributed by atoms with Crippen molar-refractivity contribution < 1.29 is 4.79 Å². The molecule has 3 N–H and O–H groups in total. The Morgan fingerprint density at radius 3 is 2.75 bits per heavy atom. The van der Waals surface area contributed by atoms with E-state index in [2.05, 4.69) is 5.32 Å². The number of hydrogen-bond acceptors (Lipinski definition) is 3. The van der Waals surface area contributed by atoms with E-state index in [0.29, 0.717) is 6.42 Å². The Balaban J connectivity index is 1.93. The molecule has 2 atom stereocenters. The first kappa shape index (κ1) is 15.0. The van der Waals surface area contributed by atoms with Gasteiger partial charge in [0.15, 0.2) is 0 Å². The van der Waals surface area contributed by atoms with Crippen LogP contribution in [0, 0.1) is 0 Å². The average Bonchev–Trinajstić information content (AvgIpc) is 2.94. The molecule has 2 unspecified atom stereocenters. The van der Waals surface area contributed by atoms with E-state index in [9.17, 15) is 4.79 Å². The van der Waals surface area contributed by atoms with Crippen LogP contribution in [0.5, 0.6) is 0 Å². The molecule has 0 saturated heterocycles. The van der Waals surface area contributed by atoms with Crippen molar-refractivity contribution in [3.63, 3.8) is 0 Å². The fraction of sp³-hybridized carbons (Fsp3) is 0.267.